The molecule has 0 bridgehead atoms. The molecule has 21 heavy (non-hydrogen) atoms. The fourth-order valence-corrected chi connectivity index (χ4v) is 2.26. The number of carbonyl (C=O) groups is 1. The molecule has 2 N–H and O–H groups in total. The van der Waals surface area contributed by atoms with Gasteiger partial charge in [0.25, 0.3) is 0 Å². The molecule has 3 rings (SSSR count). The van der Waals surface area contributed by atoms with E-state index in [1.165, 1.54) is 6.92 Å². The number of rotatable bonds is 3. The maximum atomic E-state index is 11.2. The van der Waals surface area contributed by atoms with Crippen LogP contribution >= 0.6 is 0 Å². The summed E-state index contributed by atoms with van der Waals surface area (Å²) in [5.41, 5.74) is 3.34. The van der Waals surface area contributed by atoms with Gasteiger partial charge in [-0.25, -0.2) is 4.98 Å². The maximum Gasteiger partial charge on any atom is 0.223 e. The van der Waals surface area contributed by atoms with Gasteiger partial charge < -0.3 is 9.72 Å². The summed E-state index contributed by atoms with van der Waals surface area (Å²) >= 11 is 0. The van der Waals surface area contributed by atoms with Crippen LogP contribution in [-0.2, 0) is 11.8 Å². The third-order valence-corrected chi connectivity index (χ3v) is 3.14. The summed E-state index contributed by atoms with van der Waals surface area (Å²) in [7, 11) is 3.45. The number of nitrogens with one attached hydrogen (secondary N) is 2. The van der Waals surface area contributed by atoms with Crippen LogP contribution in [0.25, 0.3) is 22.2 Å². The lowest BCUT2D eigenvalue weighted by atomic mass is 10.1. The van der Waals surface area contributed by atoms with Gasteiger partial charge >= 0.3 is 0 Å². The molecule has 0 aliphatic heterocycles. The number of nitrogens with zero attached hydrogens (tertiary/aromatic N) is 3. The van der Waals surface area contributed by atoms with Crippen LogP contribution in [0.1, 0.15) is 6.92 Å². The van der Waals surface area contributed by atoms with Crippen LogP contribution in [0.5, 0.6) is 5.75 Å². The Balaban J connectivity index is 2.21. The minimum Gasteiger partial charge on any atom is -0.494 e. The lowest BCUT2D eigenvalue weighted by Gasteiger charge is -2.04. The van der Waals surface area contributed by atoms with Gasteiger partial charge in [0.05, 0.1) is 13.3 Å². The van der Waals surface area contributed by atoms with Gasteiger partial charge in [0.1, 0.15) is 16.8 Å². The van der Waals surface area contributed by atoms with E-state index in [-0.39, 0.29) is 5.91 Å². The smallest absolute Gasteiger partial charge is 0.223 e. The zero-order chi connectivity index (χ0) is 15.0. The Kier molecular flexibility index (Phi) is 3.09. The van der Waals surface area contributed by atoms with Crippen molar-refractivity contribution < 1.29 is 9.53 Å². The average Bonchev–Trinajstić information content (AvgIpc) is 3.02. The van der Waals surface area contributed by atoms with E-state index in [1.807, 2.05) is 25.4 Å². The van der Waals surface area contributed by atoms with Gasteiger partial charge in [-0.15, -0.1) is 0 Å². The highest BCUT2D eigenvalue weighted by atomic mass is 16.5. The molecule has 0 saturated carbocycles. The van der Waals surface area contributed by atoms with Crippen molar-refractivity contribution in [3.63, 3.8) is 0 Å². The number of benzene rings is 1. The number of imidazole rings is 1. The van der Waals surface area contributed by atoms with E-state index in [4.69, 9.17) is 4.74 Å². The number of aromatic amines is 1. The van der Waals surface area contributed by atoms with Crippen molar-refractivity contribution in [2.24, 2.45) is 7.05 Å². The largest absolute Gasteiger partial charge is 0.494 e. The molecule has 7 nitrogen and oxygen atoms in total. The predicted octanol–water partition coefficient (Wildman–Crippen LogP) is 1.93. The van der Waals surface area contributed by atoms with Gasteiger partial charge in [0, 0.05) is 31.3 Å². The summed E-state index contributed by atoms with van der Waals surface area (Å²) in [6, 6.07) is 3.79. The summed E-state index contributed by atoms with van der Waals surface area (Å²) in [5.74, 6) is 0.879. The number of H-pyrrole nitrogens is 1. The molecule has 0 spiro atoms. The average molecular weight is 285 g/mol. The second-order valence-corrected chi connectivity index (χ2v) is 4.71. The molecule has 0 fully saturated rings. The third kappa shape index (κ3) is 2.33. The highest BCUT2D eigenvalue weighted by molar-refractivity contribution is 5.98. The highest BCUT2D eigenvalue weighted by Crippen LogP contribution is 2.33. The Hall–Kier alpha value is -2.83. The Labute approximate surface area is 120 Å². The molecule has 1 amide bonds. The predicted molar refractivity (Wildman–Crippen MR) is 79.2 cm³/mol. The van der Waals surface area contributed by atoms with Crippen molar-refractivity contribution in [2.75, 3.05) is 12.4 Å². The van der Waals surface area contributed by atoms with E-state index >= 15 is 0 Å². The summed E-state index contributed by atoms with van der Waals surface area (Å²) in [4.78, 5) is 18.7. The molecule has 1 aromatic carbocycles. The van der Waals surface area contributed by atoms with Crippen LogP contribution in [0.15, 0.2) is 24.5 Å². The quantitative estimate of drug-likeness (QED) is 0.770. The van der Waals surface area contributed by atoms with E-state index in [0.717, 1.165) is 22.2 Å². The molecule has 0 aliphatic rings. The number of hydrogen-bond acceptors (Lipinski definition) is 4. The molecule has 0 radical (unpaired) electrons. The zero-order valence-corrected chi connectivity index (χ0v) is 12.0. The van der Waals surface area contributed by atoms with Crippen LogP contribution in [0.4, 0.5) is 5.95 Å². The number of aromatic nitrogens is 4. The fraction of sp³-hybridized carbons (Fsp3) is 0.214. The summed E-state index contributed by atoms with van der Waals surface area (Å²) in [6.45, 7) is 1.44. The molecule has 0 atom stereocenters. The monoisotopic (exact) mass is 285 g/mol. The van der Waals surface area contributed by atoms with Crippen LogP contribution in [0.3, 0.4) is 0 Å². The molecule has 2 heterocycles. The normalized spacial score (nSPS) is 10.8. The maximum absolute atomic E-state index is 11.2. The van der Waals surface area contributed by atoms with Crippen LogP contribution in [0, 0.1) is 0 Å². The summed E-state index contributed by atoms with van der Waals surface area (Å²) < 4.78 is 7.07. The van der Waals surface area contributed by atoms with Crippen molar-refractivity contribution >= 4 is 22.9 Å². The fourth-order valence-electron chi connectivity index (χ4n) is 2.26. The van der Waals surface area contributed by atoms with E-state index in [1.54, 1.807) is 18.0 Å². The summed E-state index contributed by atoms with van der Waals surface area (Å²) in [6.07, 6.45) is 3.68. The van der Waals surface area contributed by atoms with E-state index < -0.39 is 0 Å². The van der Waals surface area contributed by atoms with Crippen LogP contribution < -0.4 is 10.1 Å². The van der Waals surface area contributed by atoms with Crippen LogP contribution in [0.2, 0.25) is 0 Å². The Morgan fingerprint density at radius 2 is 2.24 bits per heavy atom. The molecule has 0 saturated heterocycles. The van der Waals surface area contributed by atoms with Crippen molar-refractivity contribution in [1.29, 1.82) is 0 Å². The standard InChI is InChI=1S/C14H15N5O2/c1-8(20)16-14-17-12-10(9-6-15-19(2)7-9)4-5-11(21-3)13(12)18-14/h4-7H,1-3H3,(H2,16,17,18,20). The van der Waals surface area contributed by atoms with Gasteiger partial charge in [-0.05, 0) is 12.1 Å². The van der Waals surface area contributed by atoms with Crippen molar-refractivity contribution in [2.45, 2.75) is 6.92 Å². The van der Waals surface area contributed by atoms with E-state index in [2.05, 4.69) is 20.4 Å². The first-order valence-electron chi connectivity index (χ1n) is 6.42. The molecule has 0 unspecified atom stereocenters. The number of hydrogen-bond donors (Lipinski definition) is 2. The van der Waals surface area contributed by atoms with Gasteiger partial charge in [0.2, 0.25) is 11.9 Å². The van der Waals surface area contributed by atoms with Gasteiger partial charge in [-0.1, -0.05) is 0 Å². The number of anilines is 1. The lowest BCUT2D eigenvalue weighted by Crippen LogP contribution is -2.06. The summed E-state index contributed by atoms with van der Waals surface area (Å²) in [5, 5.41) is 6.82. The number of aryl methyl sites for hydroxylation is 1. The highest BCUT2D eigenvalue weighted by Gasteiger charge is 2.15. The second-order valence-electron chi connectivity index (χ2n) is 4.71. The Morgan fingerprint density at radius 1 is 1.43 bits per heavy atom. The topological polar surface area (TPSA) is 84.8 Å². The lowest BCUT2D eigenvalue weighted by molar-refractivity contribution is -0.114. The molecular formula is C14H15N5O2. The first-order valence-corrected chi connectivity index (χ1v) is 6.42. The minimum atomic E-state index is -0.184. The van der Waals surface area contributed by atoms with Crippen molar-refractivity contribution in [3.8, 4) is 16.9 Å². The molecule has 0 aliphatic carbocycles. The molecule has 3 aromatic rings. The molecule has 108 valence electrons. The number of fused-ring (bicyclic) bond motifs is 1. The van der Waals surface area contributed by atoms with Crippen LogP contribution in [-0.4, -0.2) is 32.8 Å². The number of amides is 1. The Morgan fingerprint density at radius 3 is 2.86 bits per heavy atom. The van der Waals surface area contributed by atoms with Gasteiger partial charge in [-0.2, -0.15) is 5.10 Å². The van der Waals surface area contributed by atoms with Crippen molar-refractivity contribution in [3.05, 3.63) is 24.5 Å². The second kappa shape index (κ2) is 4.93. The minimum absolute atomic E-state index is 0.184. The van der Waals surface area contributed by atoms with Gasteiger partial charge in [0.15, 0.2) is 0 Å². The molecule has 7 heteroatoms. The Bertz CT molecular complexity index is 818. The molecule has 2 aromatic heterocycles. The SMILES string of the molecule is COc1ccc(-c2cnn(C)c2)c2nc(NC(C)=O)[nH]c12. The first-order chi connectivity index (χ1) is 10.1. The first kappa shape index (κ1) is 13.2. The zero-order valence-electron chi connectivity index (χ0n) is 12.0. The van der Waals surface area contributed by atoms with E-state index in [0.29, 0.717) is 11.7 Å². The number of ether oxygens (including phenoxy) is 1. The number of methoxy groups -OCH3 is 1. The third-order valence-electron chi connectivity index (χ3n) is 3.14. The van der Waals surface area contributed by atoms with E-state index in [9.17, 15) is 4.79 Å². The van der Waals surface area contributed by atoms with Crippen molar-refractivity contribution in [1.82, 2.24) is 19.7 Å². The molecular weight excluding hydrogens is 270 g/mol. The van der Waals surface area contributed by atoms with Gasteiger partial charge in [-0.3, -0.25) is 14.8 Å². The number of carbonyl (C=O) groups excluding carboxylic acids is 1.